The van der Waals surface area contributed by atoms with E-state index in [0.717, 1.165) is 28.3 Å². The Morgan fingerprint density at radius 2 is 1.88 bits per heavy atom. The molecule has 2 aromatic carbocycles. The molecule has 1 aromatic heterocycles. The molecule has 0 atom stereocenters. The maximum atomic E-state index is 6.02. The normalized spacial score (nSPS) is 11.4. The first-order chi connectivity index (χ1) is 12.2. The van der Waals surface area contributed by atoms with E-state index in [4.69, 9.17) is 9.57 Å². The summed E-state index contributed by atoms with van der Waals surface area (Å²) < 4.78 is 7.93. The monoisotopic (exact) mass is 335 g/mol. The van der Waals surface area contributed by atoms with Gasteiger partial charge in [0.1, 0.15) is 19.5 Å². The Morgan fingerprint density at radius 3 is 2.60 bits per heavy atom. The molecule has 0 spiro atoms. The molecule has 1 heterocycles. The van der Waals surface area contributed by atoms with Crippen LogP contribution < -0.4 is 4.74 Å². The van der Waals surface area contributed by atoms with E-state index in [1.165, 1.54) is 7.11 Å². The van der Waals surface area contributed by atoms with E-state index in [-0.39, 0.29) is 0 Å². The zero-order chi connectivity index (χ0) is 17.6. The Bertz CT molecular complexity index is 884. The van der Waals surface area contributed by atoms with Gasteiger partial charge in [0.2, 0.25) is 0 Å². The maximum absolute atomic E-state index is 6.02. The predicted molar refractivity (Wildman–Crippen MR) is 97.8 cm³/mol. The van der Waals surface area contributed by atoms with Crippen molar-refractivity contribution < 1.29 is 9.57 Å². The van der Waals surface area contributed by atoms with Crippen molar-refractivity contribution in [2.45, 2.75) is 13.5 Å². The summed E-state index contributed by atoms with van der Waals surface area (Å²) in [6, 6.07) is 16.0. The first-order valence-corrected chi connectivity index (χ1v) is 8.06. The smallest absolute Gasteiger partial charge is 0.162 e. The van der Waals surface area contributed by atoms with Crippen LogP contribution in [0.3, 0.4) is 0 Å². The predicted octanol–water partition coefficient (Wildman–Crippen LogP) is 3.71. The van der Waals surface area contributed by atoms with Crippen molar-refractivity contribution in [1.82, 2.24) is 9.55 Å². The van der Waals surface area contributed by atoms with Crippen molar-refractivity contribution in [3.63, 3.8) is 0 Å². The molecule has 0 amide bonds. The van der Waals surface area contributed by atoms with Gasteiger partial charge in [0, 0.05) is 25.0 Å². The summed E-state index contributed by atoms with van der Waals surface area (Å²) in [6.07, 6.45) is 3.62. The highest BCUT2D eigenvalue weighted by Gasteiger charge is 2.16. The molecule has 5 heteroatoms. The summed E-state index contributed by atoms with van der Waals surface area (Å²) in [5.41, 5.74) is 3.74. The van der Waals surface area contributed by atoms with Crippen LogP contribution in [0.25, 0.3) is 0 Å². The topological polar surface area (TPSA) is 48.6 Å². The fraction of sp³-hybridized carbons (Fsp3) is 0.200. The third-order valence-electron chi connectivity index (χ3n) is 3.96. The van der Waals surface area contributed by atoms with Crippen LogP contribution in [0.1, 0.15) is 22.5 Å². The van der Waals surface area contributed by atoms with Crippen molar-refractivity contribution in [3.8, 4) is 5.75 Å². The second-order valence-electron chi connectivity index (χ2n) is 5.70. The van der Waals surface area contributed by atoms with Crippen LogP contribution in [-0.4, -0.2) is 22.4 Å². The van der Waals surface area contributed by atoms with Gasteiger partial charge in [-0.1, -0.05) is 47.6 Å². The number of hydrogen-bond acceptors (Lipinski definition) is 4. The van der Waals surface area contributed by atoms with E-state index in [2.05, 4.69) is 10.1 Å². The standard InChI is InChI=1S/C20H21N3O2/c1-15-8-4-7-11-18(15)25-14-16-9-5-6-10-17(16)19(22-24-3)20-21-12-13-23(20)2/h4-13H,14H2,1-3H3/b22-19-. The minimum Gasteiger partial charge on any atom is -0.489 e. The van der Waals surface area contributed by atoms with Gasteiger partial charge < -0.3 is 14.1 Å². The third kappa shape index (κ3) is 3.71. The highest BCUT2D eigenvalue weighted by atomic mass is 16.6. The van der Waals surface area contributed by atoms with Gasteiger partial charge in [-0.2, -0.15) is 0 Å². The molecule has 0 aliphatic heterocycles. The number of oxime groups is 1. The number of rotatable bonds is 6. The SMILES string of the molecule is CO/N=C(/c1ccccc1COc1ccccc1C)c1nccn1C. The average Bonchev–Trinajstić information content (AvgIpc) is 3.05. The average molecular weight is 335 g/mol. The van der Waals surface area contributed by atoms with Crippen molar-refractivity contribution in [1.29, 1.82) is 0 Å². The van der Waals surface area contributed by atoms with E-state index in [1.807, 2.05) is 73.3 Å². The van der Waals surface area contributed by atoms with E-state index in [1.54, 1.807) is 6.20 Å². The number of para-hydroxylation sites is 1. The first-order valence-electron chi connectivity index (χ1n) is 8.06. The summed E-state index contributed by atoms with van der Waals surface area (Å²) in [5, 5.41) is 4.21. The summed E-state index contributed by atoms with van der Waals surface area (Å²) >= 11 is 0. The van der Waals surface area contributed by atoms with Crippen LogP contribution in [0.15, 0.2) is 66.1 Å². The van der Waals surface area contributed by atoms with Crippen molar-refractivity contribution in [3.05, 3.63) is 83.4 Å². The van der Waals surface area contributed by atoms with Gasteiger partial charge in [0.25, 0.3) is 0 Å². The van der Waals surface area contributed by atoms with Crippen LogP contribution in [0.2, 0.25) is 0 Å². The molecule has 0 aliphatic rings. The lowest BCUT2D eigenvalue weighted by atomic mass is 10.0. The molecule has 128 valence electrons. The molecule has 0 fully saturated rings. The van der Waals surface area contributed by atoms with Gasteiger partial charge >= 0.3 is 0 Å². The Labute approximate surface area is 147 Å². The second-order valence-corrected chi connectivity index (χ2v) is 5.70. The van der Waals surface area contributed by atoms with Crippen LogP contribution in [0.4, 0.5) is 0 Å². The molecular formula is C20H21N3O2. The molecule has 0 saturated heterocycles. The Kier molecular flexibility index (Phi) is 5.14. The highest BCUT2D eigenvalue weighted by molar-refractivity contribution is 6.11. The minimum atomic E-state index is 0.439. The van der Waals surface area contributed by atoms with E-state index >= 15 is 0 Å². The minimum absolute atomic E-state index is 0.439. The van der Waals surface area contributed by atoms with Crippen LogP contribution in [0.5, 0.6) is 5.75 Å². The number of imidazole rings is 1. The molecule has 0 radical (unpaired) electrons. The van der Waals surface area contributed by atoms with Crippen LogP contribution in [-0.2, 0) is 18.5 Å². The molecule has 25 heavy (non-hydrogen) atoms. The number of benzene rings is 2. The quantitative estimate of drug-likeness (QED) is 0.510. The maximum Gasteiger partial charge on any atom is 0.162 e. The number of aryl methyl sites for hydroxylation is 2. The number of ether oxygens (including phenoxy) is 1. The number of aromatic nitrogens is 2. The lowest BCUT2D eigenvalue weighted by Gasteiger charge is -2.13. The largest absolute Gasteiger partial charge is 0.489 e. The number of hydrogen-bond donors (Lipinski definition) is 0. The van der Waals surface area contributed by atoms with Crippen LogP contribution >= 0.6 is 0 Å². The summed E-state index contributed by atoms with van der Waals surface area (Å²) in [7, 11) is 3.47. The highest BCUT2D eigenvalue weighted by Crippen LogP contribution is 2.20. The molecule has 0 N–H and O–H groups in total. The molecule has 0 bridgehead atoms. The van der Waals surface area contributed by atoms with Gasteiger partial charge in [0.15, 0.2) is 11.5 Å². The van der Waals surface area contributed by atoms with Gasteiger partial charge in [-0.3, -0.25) is 0 Å². The van der Waals surface area contributed by atoms with Crippen molar-refractivity contribution in [2.24, 2.45) is 12.2 Å². The fourth-order valence-electron chi connectivity index (χ4n) is 2.65. The molecule has 0 saturated carbocycles. The summed E-state index contributed by atoms with van der Waals surface area (Å²) in [4.78, 5) is 9.46. The Hall–Kier alpha value is -3.08. The number of nitrogens with zero attached hydrogens (tertiary/aromatic N) is 3. The van der Waals surface area contributed by atoms with Crippen molar-refractivity contribution >= 4 is 5.71 Å². The molecule has 5 nitrogen and oxygen atoms in total. The lowest BCUT2D eigenvalue weighted by Crippen LogP contribution is -2.14. The zero-order valence-corrected chi connectivity index (χ0v) is 14.6. The fourth-order valence-corrected chi connectivity index (χ4v) is 2.65. The molecular weight excluding hydrogens is 314 g/mol. The van der Waals surface area contributed by atoms with Crippen molar-refractivity contribution in [2.75, 3.05) is 7.11 Å². The van der Waals surface area contributed by atoms with E-state index in [0.29, 0.717) is 12.3 Å². The van der Waals surface area contributed by atoms with E-state index in [9.17, 15) is 0 Å². The molecule has 0 aliphatic carbocycles. The second kappa shape index (κ2) is 7.66. The first kappa shape index (κ1) is 16.8. The van der Waals surface area contributed by atoms with E-state index < -0.39 is 0 Å². The van der Waals surface area contributed by atoms with Gasteiger partial charge in [-0.15, -0.1) is 0 Å². The van der Waals surface area contributed by atoms with Gasteiger partial charge in [-0.25, -0.2) is 4.98 Å². The molecule has 3 rings (SSSR count). The Morgan fingerprint density at radius 1 is 1.12 bits per heavy atom. The van der Waals surface area contributed by atoms with Crippen LogP contribution in [0, 0.1) is 6.92 Å². The van der Waals surface area contributed by atoms with Gasteiger partial charge in [0.05, 0.1) is 0 Å². The van der Waals surface area contributed by atoms with Gasteiger partial charge in [-0.05, 0) is 24.1 Å². The Balaban J connectivity index is 1.93. The summed E-state index contributed by atoms with van der Waals surface area (Å²) in [5.74, 6) is 1.62. The lowest BCUT2D eigenvalue weighted by molar-refractivity contribution is 0.213. The summed E-state index contributed by atoms with van der Waals surface area (Å²) in [6.45, 7) is 2.47. The third-order valence-corrected chi connectivity index (χ3v) is 3.96. The zero-order valence-electron chi connectivity index (χ0n) is 14.6. The molecule has 3 aromatic rings. The molecule has 0 unspecified atom stereocenters.